The molecule has 5 heteroatoms. The fourth-order valence-corrected chi connectivity index (χ4v) is 1.82. The molecule has 1 N–H and O–H groups in total. The van der Waals surface area contributed by atoms with Crippen LogP contribution in [0.4, 0.5) is 13.2 Å². The van der Waals surface area contributed by atoms with E-state index in [4.69, 9.17) is 0 Å². The van der Waals surface area contributed by atoms with Gasteiger partial charge in [-0.25, -0.2) is 13.2 Å². The summed E-state index contributed by atoms with van der Waals surface area (Å²) < 4.78 is 40.1. The summed E-state index contributed by atoms with van der Waals surface area (Å²) in [4.78, 5) is 11.7. The van der Waals surface area contributed by atoms with Crippen LogP contribution in [0.15, 0.2) is 47.6 Å². The molecule has 19 heavy (non-hydrogen) atoms. The number of rotatable bonds is 3. The minimum absolute atomic E-state index is 0.123. The Balaban J connectivity index is 2.06. The highest BCUT2D eigenvalue weighted by Gasteiger charge is 2.18. The molecule has 0 saturated heterocycles. The zero-order chi connectivity index (χ0) is 13.8. The van der Waals surface area contributed by atoms with Crippen LogP contribution < -0.4 is 5.32 Å². The normalized spacial score (nSPS) is 15.2. The minimum atomic E-state index is -0.697. The molecule has 0 unspecified atom stereocenters. The zero-order valence-corrected chi connectivity index (χ0v) is 10.1. The second kappa shape index (κ2) is 5.73. The van der Waals surface area contributed by atoms with Crippen LogP contribution in [-0.4, -0.2) is 12.5 Å². The Bertz CT molecular complexity index is 564. The van der Waals surface area contributed by atoms with E-state index >= 15 is 0 Å². The van der Waals surface area contributed by atoms with Crippen LogP contribution >= 0.6 is 0 Å². The lowest BCUT2D eigenvalue weighted by Gasteiger charge is -2.13. The molecule has 0 bridgehead atoms. The van der Waals surface area contributed by atoms with Crippen molar-refractivity contribution in [2.45, 2.75) is 12.8 Å². The molecule has 2 nitrogen and oxygen atoms in total. The van der Waals surface area contributed by atoms with Crippen molar-refractivity contribution in [3.05, 3.63) is 58.9 Å². The summed E-state index contributed by atoms with van der Waals surface area (Å²) in [5.74, 6) is -2.61. The highest BCUT2D eigenvalue weighted by Crippen LogP contribution is 2.26. The maximum atomic E-state index is 13.4. The summed E-state index contributed by atoms with van der Waals surface area (Å²) in [7, 11) is 0. The van der Waals surface area contributed by atoms with Crippen LogP contribution in [-0.2, 0) is 0 Å². The third-order valence-electron chi connectivity index (χ3n) is 2.85. The summed E-state index contributed by atoms with van der Waals surface area (Å²) in [6, 6.07) is 5.43. The van der Waals surface area contributed by atoms with E-state index in [1.54, 1.807) is 0 Å². The fraction of sp³-hybridized carbons (Fsp3) is 0.214. The molecular weight excluding hydrogens is 255 g/mol. The van der Waals surface area contributed by atoms with E-state index in [9.17, 15) is 18.0 Å². The first-order chi connectivity index (χ1) is 9.09. The van der Waals surface area contributed by atoms with Gasteiger partial charge in [0.25, 0.3) is 5.91 Å². The largest absolute Gasteiger partial charge is 0.348 e. The Labute approximate surface area is 108 Å². The third kappa shape index (κ3) is 3.05. The van der Waals surface area contributed by atoms with Crippen LogP contribution in [0, 0.1) is 5.82 Å². The van der Waals surface area contributed by atoms with Crippen molar-refractivity contribution in [3.8, 4) is 0 Å². The van der Waals surface area contributed by atoms with Crippen LogP contribution in [0.25, 0.3) is 0 Å². The average molecular weight is 267 g/mol. The molecule has 1 aliphatic carbocycles. The summed E-state index contributed by atoms with van der Waals surface area (Å²) in [6.45, 7) is -0.290. The van der Waals surface area contributed by atoms with Gasteiger partial charge in [-0.3, -0.25) is 4.79 Å². The Morgan fingerprint density at radius 3 is 2.63 bits per heavy atom. The molecule has 0 aliphatic heterocycles. The molecule has 1 aliphatic rings. The topological polar surface area (TPSA) is 29.1 Å². The molecule has 2 rings (SSSR count). The number of carbonyl (C=O) groups excluding carboxylic acids is 1. The van der Waals surface area contributed by atoms with Crippen molar-refractivity contribution in [1.82, 2.24) is 5.32 Å². The molecule has 0 radical (unpaired) electrons. The van der Waals surface area contributed by atoms with E-state index in [0.29, 0.717) is 6.42 Å². The van der Waals surface area contributed by atoms with Gasteiger partial charge in [-0.2, -0.15) is 0 Å². The Kier molecular flexibility index (Phi) is 4.04. The number of nitrogens with one attached hydrogen (secondary N) is 1. The van der Waals surface area contributed by atoms with E-state index in [1.165, 1.54) is 24.3 Å². The Morgan fingerprint density at radius 1 is 1.21 bits per heavy atom. The van der Waals surface area contributed by atoms with E-state index < -0.39 is 23.4 Å². The Morgan fingerprint density at radius 2 is 1.95 bits per heavy atom. The minimum Gasteiger partial charge on any atom is -0.348 e. The second-order valence-electron chi connectivity index (χ2n) is 4.14. The standard InChI is InChI=1S/C14H12F3NO/c15-11-5-2-1-4-9(11)14(19)18-8-10-12(16)6-3-7-13(10)17/h1-2,4-6H,3,7-8H2,(H,18,19). The first-order valence-electron chi connectivity index (χ1n) is 5.86. The number of carbonyl (C=O) groups is 1. The van der Waals surface area contributed by atoms with Gasteiger partial charge in [-0.05, 0) is 24.6 Å². The van der Waals surface area contributed by atoms with Gasteiger partial charge >= 0.3 is 0 Å². The molecule has 0 aromatic heterocycles. The number of benzene rings is 1. The lowest BCUT2D eigenvalue weighted by atomic mass is 10.0. The summed E-state index contributed by atoms with van der Waals surface area (Å²) in [6.07, 6.45) is 1.70. The predicted molar refractivity (Wildman–Crippen MR) is 65.3 cm³/mol. The number of halogens is 3. The second-order valence-corrected chi connectivity index (χ2v) is 4.14. The van der Waals surface area contributed by atoms with Crippen molar-refractivity contribution in [3.63, 3.8) is 0 Å². The van der Waals surface area contributed by atoms with Gasteiger partial charge in [0, 0.05) is 18.5 Å². The summed E-state index contributed by atoms with van der Waals surface area (Å²) >= 11 is 0. The number of amides is 1. The van der Waals surface area contributed by atoms with E-state index in [0.717, 1.165) is 6.07 Å². The van der Waals surface area contributed by atoms with Crippen molar-refractivity contribution in [2.24, 2.45) is 0 Å². The van der Waals surface area contributed by atoms with Gasteiger partial charge in [0.05, 0.1) is 5.56 Å². The van der Waals surface area contributed by atoms with E-state index in [-0.39, 0.29) is 24.1 Å². The van der Waals surface area contributed by atoms with Crippen LogP contribution in [0.3, 0.4) is 0 Å². The van der Waals surface area contributed by atoms with Crippen LogP contribution in [0.2, 0.25) is 0 Å². The first kappa shape index (κ1) is 13.4. The zero-order valence-electron chi connectivity index (χ0n) is 10.1. The third-order valence-corrected chi connectivity index (χ3v) is 2.85. The Hall–Kier alpha value is -2.04. The maximum absolute atomic E-state index is 13.4. The lowest BCUT2D eigenvalue weighted by molar-refractivity contribution is 0.0953. The monoisotopic (exact) mass is 267 g/mol. The van der Waals surface area contributed by atoms with Crippen molar-refractivity contribution >= 4 is 5.91 Å². The quantitative estimate of drug-likeness (QED) is 0.893. The van der Waals surface area contributed by atoms with Gasteiger partial charge in [0.2, 0.25) is 0 Å². The molecule has 1 aromatic rings. The fourth-order valence-electron chi connectivity index (χ4n) is 1.82. The average Bonchev–Trinajstić information content (AvgIpc) is 2.38. The smallest absolute Gasteiger partial charge is 0.254 e. The molecular formula is C14H12F3NO. The molecule has 1 aromatic carbocycles. The number of hydrogen-bond donors (Lipinski definition) is 1. The highest BCUT2D eigenvalue weighted by molar-refractivity contribution is 5.94. The van der Waals surface area contributed by atoms with Gasteiger partial charge in [0.15, 0.2) is 0 Å². The van der Waals surface area contributed by atoms with Gasteiger partial charge < -0.3 is 5.32 Å². The molecule has 0 spiro atoms. The molecule has 0 saturated carbocycles. The number of hydrogen-bond acceptors (Lipinski definition) is 1. The van der Waals surface area contributed by atoms with E-state index in [1.807, 2.05) is 0 Å². The molecule has 0 fully saturated rings. The SMILES string of the molecule is O=C(NCC1=C(F)CCC=C1F)c1ccccc1F. The summed E-state index contributed by atoms with van der Waals surface area (Å²) in [5.41, 5.74) is -0.320. The van der Waals surface area contributed by atoms with Gasteiger partial charge in [-0.15, -0.1) is 0 Å². The maximum Gasteiger partial charge on any atom is 0.254 e. The molecule has 1 amide bonds. The molecule has 0 heterocycles. The van der Waals surface area contributed by atoms with E-state index in [2.05, 4.69) is 5.32 Å². The highest BCUT2D eigenvalue weighted by atomic mass is 19.1. The van der Waals surface area contributed by atoms with Crippen molar-refractivity contribution in [1.29, 1.82) is 0 Å². The summed E-state index contributed by atoms with van der Waals surface area (Å²) in [5, 5.41) is 2.31. The molecule has 100 valence electrons. The first-order valence-corrected chi connectivity index (χ1v) is 5.86. The van der Waals surface area contributed by atoms with Gasteiger partial charge in [0.1, 0.15) is 17.5 Å². The number of allylic oxidation sites excluding steroid dienone is 2. The van der Waals surface area contributed by atoms with Crippen molar-refractivity contribution < 1.29 is 18.0 Å². The lowest BCUT2D eigenvalue weighted by Crippen LogP contribution is -2.27. The van der Waals surface area contributed by atoms with Crippen LogP contribution in [0.5, 0.6) is 0 Å². The van der Waals surface area contributed by atoms with Crippen molar-refractivity contribution in [2.75, 3.05) is 6.54 Å². The molecule has 0 atom stereocenters. The van der Waals surface area contributed by atoms with Crippen LogP contribution in [0.1, 0.15) is 23.2 Å². The van der Waals surface area contributed by atoms with Gasteiger partial charge in [-0.1, -0.05) is 12.1 Å². The predicted octanol–water partition coefficient (Wildman–Crippen LogP) is 3.43.